The number of aryl methyl sites for hydroxylation is 1. The van der Waals surface area contributed by atoms with Gasteiger partial charge in [-0.25, -0.2) is 19.6 Å². The summed E-state index contributed by atoms with van der Waals surface area (Å²) in [6.45, 7) is 5.15. The van der Waals surface area contributed by atoms with E-state index in [0.717, 1.165) is 61.2 Å². The fourth-order valence-corrected chi connectivity index (χ4v) is 6.11. The zero-order chi connectivity index (χ0) is 27.9. The van der Waals surface area contributed by atoms with Crippen LogP contribution in [0, 0.1) is 0 Å². The molecule has 0 unspecified atom stereocenters. The summed E-state index contributed by atoms with van der Waals surface area (Å²) in [4.78, 5) is 28.1. The number of nitrogens with one attached hydrogen (secondary N) is 1. The molecular weight excluding hydrogens is 514 g/mol. The average Bonchev–Trinajstić information content (AvgIpc) is 3.76. The van der Waals surface area contributed by atoms with Crippen molar-refractivity contribution in [3.8, 4) is 22.9 Å². The monoisotopic (exact) mass is 545 g/mol. The van der Waals surface area contributed by atoms with E-state index in [-0.39, 0.29) is 5.91 Å². The van der Waals surface area contributed by atoms with Crippen LogP contribution >= 0.6 is 0 Å². The highest BCUT2D eigenvalue weighted by Crippen LogP contribution is 2.36. The Hall–Kier alpha value is -4.83. The molecule has 1 amide bonds. The Morgan fingerprint density at radius 2 is 1.93 bits per heavy atom. The molecule has 0 bridgehead atoms. The lowest BCUT2D eigenvalue weighted by atomic mass is 10.0. The number of nitrogen functional groups attached to an aromatic ring is 1. The molecule has 0 saturated carbocycles. The Kier molecular flexibility index (Phi) is 6.31. The number of imidazole rings is 1. The van der Waals surface area contributed by atoms with Crippen LogP contribution < -0.4 is 11.1 Å². The molecule has 1 aromatic carbocycles. The third-order valence-electron chi connectivity index (χ3n) is 8.19. The highest BCUT2D eigenvalue weighted by molar-refractivity contribution is 5.87. The Balaban J connectivity index is 1.24. The molecule has 1 aliphatic carbocycles. The van der Waals surface area contributed by atoms with Gasteiger partial charge in [0.1, 0.15) is 11.3 Å². The second kappa shape index (κ2) is 10.3. The minimum atomic E-state index is 0.0212. The lowest BCUT2D eigenvalue weighted by Crippen LogP contribution is -2.45. The van der Waals surface area contributed by atoms with Gasteiger partial charge in [0.2, 0.25) is 5.91 Å². The van der Waals surface area contributed by atoms with Gasteiger partial charge in [-0.3, -0.25) is 9.36 Å². The molecule has 4 aromatic heterocycles. The van der Waals surface area contributed by atoms with Crippen LogP contribution in [0.3, 0.4) is 0 Å². The Labute approximate surface area is 237 Å². The molecule has 0 radical (unpaired) electrons. The highest BCUT2D eigenvalue weighted by atomic mass is 16.2. The van der Waals surface area contributed by atoms with E-state index in [0.29, 0.717) is 29.5 Å². The van der Waals surface area contributed by atoms with Gasteiger partial charge < -0.3 is 16.0 Å². The van der Waals surface area contributed by atoms with Crippen LogP contribution in [0.5, 0.6) is 0 Å². The minimum Gasteiger partial charge on any atom is -0.383 e. The summed E-state index contributed by atoms with van der Waals surface area (Å²) < 4.78 is 3.81. The average molecular weight is 546 g/mol. The summed E-state index contributed by atoms with van der Waals surface area (Å²) in [7, 11) is 0. The maximum Gasteiger partial charge on any atom is 0.245 e. The Morgan fingerprint density at radius 1 is 1.05 bits per heavy atom. The third-order valence-corrected chi connectivity index (χ3v) is 8.19. The van der Waals surface area contributed by atoms with Crippen LogP contribution in [0.2, 0.25) is 0 Å². The van der Waals surface area contributed by atoms with Crippen molar-refractivity contribution in [1.82, 2.24) is 39.5 Å². The van der Waals surface area contributed by atoms with E-state index in [1.807, 2.05) is 41.4 Å². The van der Waals surface area contributed by atoms with Gasteiger partial charge in [-0.1, -0.05) is 12.6 Å². The van der Waals surface area contributed by atoms with Crippen molar-refractivity contribution in [2.75, 3.05) is 18.8 Å². The van der Waals surface area contributed by atoms with Crippen molar-refractivity contribution in [2.45, 2.75) is 37.8 Å². The van der Waals surface area contributed by atoms with Crippen LogP contribution in [0.1, 0.15) is 36.4 Å². The van der Waals surface area contributed by atoms with Gasteiger partial charge in [-0.15, -0.1) is 0 Å². The second-order valence-electron chi connectivity index (χ2n) is 10.6. The molecule has 2 aliphatic rings. The largest absolute Gasteiger partial charge is 0.383 e. The van der Waals surface area contributed by atoms with E-state index in [2.05, 4.69) is 44.7 Å². The number of nitrogens with two attached hydrogens (primary N) is 1. The number of rotatable bonds is 6. The van der Waals surface area contributed by atoms with Crippen molar-refractivity contribution < 1.29 is 4.79 Å². The smallest absolute Gasteiger partial charge is 0.245 e. The standard InChI is InChI=1S/C31H31N9O/c1-2-28(41)38-17-12-21(13-18-38)35-25-9-6-20-19-22(7-8-23(20)25)40-30(24-5-3-14-33-29(24)32)36-26-10-11-27(37-31(26)40)39-16-4-15-34-39/h2-5,7-8,10-11,14-16,19,21,25,35H,1,6,9,12-13,17-18H2,(H2,32,33)/t25-/m1/s1. The molecule has 1 fully saturated rings. The number of carbonyl (C=O) groups excluding carboxylic acids is 1. The van der Waals surface area contributed by atoms with E-state index in [1.54, 1.807) is 17.1 Å². The molecule has 1 atom stereocenters. The van der Waals surface area contributed by atoms with Crippen LogP contribution in [0.15, 0.2) is 79.8 Å². The zero-order valence-corrected chi connectivity index (χ0v) is 22.6. The number of piperidine rings is 1. The summed E-state index contributed by atoms with van der Waals surface area (Å²) in [5.74, 6) is 1.85. The maximum absolute atomic E-state index is 12.0. The summed E-state index contributed by atoms with van der Waals surface area (Å²) in [5.41, 5.74) is 12.2. The summed E-state index contributed by atoms with van der Waals surface area (Å²) >= 11 is 0. The number of fused-ring (bicyclic) bond motifs is 2. The summed E-state index contributed by atoms with van der Waals surface area (Å²) in [6, 6.07) is 16.9. The number of carbonyl (C=O) groups is 1. The first-order valence-electron chi connectivity index (χ1n) is 14.0. The topological polar surface area (TPSA) is 120 Å². The van der Waals surface area contributed by atoms with Gasteiger partial charge in [0.15, 0.2) is 17.3 Å². The van der Waals surface area contributed by atoms with E-state index in [9.17, 15) is 4.79 Å². The molecule has 41 heavy (non-hydrogen) atoms. The summed E-state index contributed by atoms with van der Waals surface area (Å²) in [5, 5.41) is 8.23. The predicted molar refractivity (Wildman–Crippen MR) is 158 cm³/mol. The fourth-order valence-electron chi connectivity index (χ4n) is 6.11. The molecule has 1 saturated heterocycles. The Morgan fingerprint density at radius 3 is 2.71 bits per heavy atom. The van der Waals surface area contributed by atoms with Crippen LogP contribution in [0.25, 0.3) is 34.1 Å². The first-order chi connectivity index (χ1) is 20.1. The van der Waals surface area contributed by atoms with Gasteiger partial charge in [-0.2, -0.15) is 5.10 Å². The number of hydrogen-bond donors (Lipinski definition) is 2. The van der Waals surface area contributed by atoms with E-state index in [1.165, 1.54) is 17.2 Å². The lowest BCUT2D eigenvalue weighted by Gasteiger charge is -2.33. The van der Waals surface area contributed by atoms with Crippen molar-refractivity contribution in [3.63, 3.8) is 0 Å². The number of benzene rings is 1. The number of anilines is 1. The zero-order valence-electron chi connectivity index (χ0n) is 22.6. The van der Waals surface area contributed by atoms with Gasteiger partial charge in [-0.05, 0) is 85.4 Å². The molecule has 10 nitrogen and oxygen atoms in total. The quantitative estimate of drug-likeness (QED) is 0.310. The molecule has 5 heterocycles. The molecule has 3 N–H and O–H groups in total. The van der Waals surface area contributed by atoms with Gasteiger partial charge in [0.25, 0.3) is 0 Å². The Bertz CT molecular complexity index is 1750. The van der Waals surface area contributed by atoms with Crippen LogP contribution in [0.4, 0.5) is 5.82 Å². The first kappa shape index (κ1) is 25.2. The number of likely N-dealkylation sites (tertiary alicyclic amines) is 1. The summed E-state index contributed by atoms with van der Waals surface area (Å²) in [6.07, 6.45) is 10.6. The molecule has 5 aromatic rings. The highest BCUT2D eigenvalue weighted by Gasteiger charge is 2.29. The number of nitrogens with zero attached hydrogens (tertiary/aromatic N) is 7. The minimum absolute atomic E-state index is 0.0212. The lowest BCUT2D eigenvalue weighted by molar-refractivity contribution is -0.127. The van der Waals surface area contributed by atoms with Crippen molar-refractivity contribution >= 4 is 22.9 Å². The molecule has 7 rings (SSSR count). The van der Waals surface area contributed by atoms with Crippen molar-refractivity contribution in [1.29, 1.82) is 0 Å². The maximum atomic E-state index is 12.0. The van der Waals surface area contributed by atoms with Crippen LogP contribution in [-0.4, -0.2) is 59.2 Å². The first-order valence-corrected chi connectivity index (χ1v) is 14.0. The SMILES string of the molecule is C=CC(=O)N1CCC(N[C@@H]2CCc3cc(-n4c(-c5cccnc5N)nc5ccc(-n6cccn6)nc54)ccc32)CC1. The van der Waals surface area contributed by atoms with Crippen molar-refractivity contribution in [2.24, 2.45) is 0 Å². The molecular formula is C31H31N9O. The number of amides is 1. The fraction of sp³-hybridized carbons (Fsp3) is 0.258. The van der Waals surface area contributed by atoms with E-state index >= 15 is 0 Å². The molecule has 1 aliphatic heterocycles. The predicted octanol–water partition coefficient (Wildman–Crippen LogP) is 4.00. The normalized spacial score (nSPS) is 17.2. The molecule has 10 heteroatoms. The van der Waals surface area contributed by atoms with Gasteiger partial charge >= 0.3 is 0 Å². The van der Waals surface area contributed by atoms with Gasteiger partial charge in [0.05, 0.1) is 5.56 Å². The van der Waals surface area contributed by atoms with Crippen LogP contribution in [-0.2, 0) is 11.2 Å². The number of pyridine rings is 2. The van der Waals surface area contributed by atoms with Crippen molar-refractivity contribution in [3.05, 3.63) is 90.9 Å². The number of aromatic nitrogens is 6. The third kappa shape index (κ3) is 4.55. The van der Waals surface area contributed by atoms with E-state index in [4.69, 9.17) is 15.7 Å². The van der Waals surface area contributed by atoms with E-state index < -0.39 is 0 Å². The number of hydrogen-bond acceptors (Lipinski definition) is 7. The van der Waals surface area contributed by atoms with Gasteiger partial charge in [0, 0.05) is 49.5 Å². The second-order valence-corrected chi connectivity index (χ2v) is 10.6. The molecule has 0 spiro atoms. The molecule has 206 valence electrons.